The molecule has 1 aliphatic carbocycles. The lowest BCUT2D eigenvalue weighted by atomic mass is 9.85. The maximum Gasteiger partial charge on any atom is 0.159 e. The Morgan fingerprint density at radius 2 is 1.82 bits per heavy atom. The van der Waals surface area contributed by atoms with Crippen LogP contribution in [0.5, 0.6) is 0 Å². The number of carbonyl (C=O) groups excluding carboxylic acids is 1. The van der Waals surface area contributed by atoms with Gasteiger partial charge in [-0.1, -0.05) is 38.1 Å². The molecule has 2 rings (SSSR count). The molecule has 0 aliphatic heterocycles. The molecule has 0 saturated heterocycles. The molecule has 1 unspecified atom stereocenters. The van der Waals surface area contributed by atoms with Crippen LogP contribution >= 0.6 is 0 Å². The molecule has 1 atom stereocenters. The number of benzene rings is 1. The molecule has 2 nitrogen and oxygen atoms in total. The van der Waals surface area contributed by atoms with Crippen molar-refractivity contribution in [3.05, 3.63) is 47.2 Å². The van der Waals surface area contributed by atoms with Gasteiger partial charge in [0.2, 0.25) is 0 Å². The molecule has 0 saturated carbocycles. The molecule has 1 aromatic carbocycles. The minimum atomic E-state index is 0.0201. The minimum Gasteiger partial charge on any atom is -0.512 e. The van der Waals surface area contributed by atoms with E-state index in [9.17, 15) is 9.90 Å². The molecule has 0 spiro atoms. The Bertz CT molecular complexity index is 440. The highest BCUT2D eigenvalue weighted by atomic mass is 16.3. The van der Waals surface area contributed by atoms with Gasteiger partial charge in [0, 0.05) is 18.9 Å². The van der Waals surface area contributed by atoms with Crippen LogP contribution in [0.3, 0.4) is 0 Å². The van der Waals surface area contributed by atoms with Gasteiger partial charge in [-0.15, -0.1) is 0 Å². The molecular formula is C15H18O2. The number of hydrogen-bond acceptors (Lipinski definition) is 2. The Labute approximate surface area is 102 Å². The predicted molar refractivity (Wildman–Crippen MR) is 68.2 cm³/mol. The number of aliphatic hydroxyl groups excluding tert-OH is 1. The van der Waals surface area contributed by atoms with E-state index in [0.717, 1.165) is 5.56 Å². The average molecular weight is 230 g/mol. The van der Waals surface area contributed by atoms with Crippen molar-refractivity contribution in [2.45, 2.75) is 38.5 Å². The SMILES string of the molecule is CC(C)c1ccc(C2CC(=O)C=C(O)C2)cc1. The van der Waals surface area contributed by atoms with Gasteiger partial charge in [0.05, 0.1) is 5.76 Å². The maximum absolute atomic E-state index is 11.4. The van der Waals surface area contributed by atoms with Crippen LogP contribution in [0.4, 0.5) is 0 Å². The van der Waals surface area contributed by atoms with Gasteiger partial charge in [0.1, 0.15) is 0 Å². The summed E-state index contributed by atoms with van der Waals surface area (Å²) in [4.78, 5) is 11.4. The van der Waals surface area contributed by atoms with Crippen molar-refractivity contribution < 1.29 is 9.90 Å². The van der Waals surface area contributed by atoms with E-state index in [1.807, 2.05) is 0 Å². The van der Waals surface area contributed by atoms with Crippen molar-refractivity contribution in [3.63, 3.8) is 0 Å². The number of aliphatic hydroxyl groups is 1. The second kappa shape index (κ2) is 4.74. The van der Waals surface area contributed by atoms with E-state index in [2.05, 4.69) is 38.1 Å². The Morgan fingerprint density at radius 3 is 2.35 bits per heavy atom. The number of carbonyl (C=O) groups is 1. The zero-order valence-electron chi connectivity index (χ0n) is 10.3. The van der Waals surface area contributed by atoms with Crippen LogP contribution in [-0.4, -0.2) is 10.9 Å². The molecule has 17 heavy (non-hydrogen) atoms. The highest BCUT2D eigenvalue weighted by Crippen LogP contribution is 2.31. The number of hydrogen-bond donors (Lipinski definition) is 1. The summed E-state index contributed by atoms with van der Waals surface area (Å²) < 4.78 is 0. The third-order valence-electron chi connectivity index (χ3n) is 3.31. The zero-order chi connectivity index (χ0) is 12.4. The second-order valence-electron chi connectivity index (χ2n) is 5.03. The summed E-state index contributed by atoms with van der Waals surface area (Å²) in [5.74, 6) is 0.880. The summed E-state index contributed by atoms with van der Waals surface area (Å²) in [6, 6.07) is 8.37. The summed E-state index contributed by atoms with van der Waals surface area (Å²) in [6.07, 6.45) is 2.43. The fourth-order valence-corrected chi connectivity index (χ4v) is 2.26. The number of ketones is 1. The molecule has 1 N–H and O–H groups in total. The summed E-state index contributed by atoms with van der Waals surface area (Å²) in [6.45, 7) is 4.32. The molecule has 0 bridgehead atoms. The maximum atomic E-state index is 11.4. The van der Waals surface area contributed by atoms with Crippen molar-refractivity contribution in [2.75, 3.05) is 0 Å². The van der Waals surface area contributed by atoms with Crippen LogP contribution < -0.4 is 0 Å². The molecule has 90 valence electrons. The molecule has 0 aromatic heterocycles. The van der Waals surface area contributed by atoms with Gasteiger partial charge >= 0.3 is 0 Å². The van der Waals surface area contributed by atoms with E-state index < -0.39 is 0 Å². The lowest BCUT2D eigenvalue weighted by molar-refractivity contribution is -0.115. The van der Waals surface area contributed by atoms with E-state index in [-0.39, 0.29) is 17.5 Å². The van der Waals surface area contributed by atoms with Crippen LogP contribution in [0.2, 0.25) is 0 Å². The molecule has 1 aliphatic rings. The van der Waals surface area contributed by atoms with Crippen molar-refractivity contribution in [2.24, 2.45) is 0 Å². The lowest BCUT2D eigenvalue weighted by Crippen LogP contribution is -2.12. The Kier molecular flexibility index (Phi) is 3.32. The zero-order valence-corrected chi connectivity index (χ0v) is 10.3. The van der Waals surface area contributed by atoms with E-state index in [1.165, 1.54) is 11.6 Å². The number of allylic oxidation sites excluding steroid dienone is 2. The first-order chi connectivity index (χ1) is 8.06. The molecule has 0 amide bonds. The van der Waals surface area contributed by atoms with E-state index >= 15 is 0 Å². The van der Waals surface area contributed by atoms with E-state index in [1.54, 1.807) is 0 Å². The smallest absolute Gasteiger partial charge is 0.159 e. The van der Waals surface area contributed by atoms with E-state index in [4.69, 9.17) is 0 Å². The summed E-state index contributed by atoms with van der Waals surface area (Å²) in [5.41, 5.74) is 2.44. The van der Waals surface area contributed by atoms with Crippen molar-refractivity contribution >= 4 is 5.78 Å². The highest BCUT2D eigenvalue weighted by molar-refractivity contribution is 5.91. The molecule has 0 fully saturated rings. The van der Waals surface area contributed by atoms with Crippen LogP contribution in [-0.2, 0) is 4.79 Å². The summed E-state index contributed by atoms with van der Waals surface area (Å²) in [7, 11) is 0. The quantitative estimate of drug-likeness (QED) is 0.841. The van der Waals surface area contributed by atoms with Gasteiger partial charge < -0.3 is 5.11 Å². The highest BCUT2D eigenvalue weighted by Gasteiger charge is 2.21. The van der Waals surface area contributed by atoms with Gasteiger partial charge in [-0.25, -0.2) is 0 Å². The average Bonchev–Trinajstić information content (AvgIpc) is 2.28. The van der Waals surface area contributed by atoms with Gasteiger partial charge in [0.25, 0.3) is 0 Å². The number of rotatable bonds is 2. The minimum absolute atomic E-state index is 0.0201. The lowest BCUT2D eigenvalue weighted by Gasteiger charge is -2.20. The molecule has 1 aromatic rings. The van der Waals surface area contributed by atoms with Crippen LogP contribution in [0.25, 0.3) is 0 Å². The topological polar surface area (TPSA) is 37.3 Å². The van der Waals surface area contributed by atoms with Gasteiger partial charge in [-0.2, -0.15) is 0 Å². The van der Waals surface area contributed by atoms with Gasteiger partial charge in [-0.05, 0) is 23.0 Å². The van der Waals surface area contributed by atoms with E-state index in [0.29, 0.717) is 18.8 Å². The summed E-state index contributed by atoms with van der Waals surface area (Å²) in [5, 5.41) is 9.49. The normalized spacial score (nSPS) is 20.5. The Balaban J connectivity index is 2.18. The van der Waals surface area contributed by atoms with Crippen LogP contribution in [0.15, 0.2) is 36.1 Å². The van der Waals surface area contributed by atoms with Gasteiger partial charge in [0.15, 0.2) is 5.78 Å². The molecule has 2 heteroatoms. The summed E-state index contributed by atoms with van der Waals surface area (Å²) >= 11 is 0. The third kappa shape index (κ3) is 2.76. The van der Waals surface area contributed by atoms with Crippen molar-refractivity contribution in [1.82, 2.24) is 0 Å². The first-order valence-electron chi connectivity index (χ1n) is 6.08. The fourth-order valence-electron chi connectivity index (χ4n) is 2.26. The monoisotopic (exact) mass is 230 g/mol. The largest absolute Gasteiger partial charge is 0.512 e. The molecule has 0 radical (unpaired) electrons. The fraction of sp³-hybridized carbons (Fsp3) is 0.400. The second-order valence-corrected chi connectivity index (χ2v) is 5.03. The third-order valence-corrected chi connectivity index (χ3v) is 3.31. The molecular weight excluding hydrogens is 212 g/mol. The predicted octanol–water partition coefficient (Wildman–Crippen LogP) is 3.70. The first kappa shape index (κ1) is 11.9. The van der Waals surface area contributed by atoms with Crippen molar-refractivity contribution in [3.8, 4) is 0 Å². The molecule has 0 heterocycles. The Morgan fingerprint density at radius 1 is 1.18 bits per heavy atom. The van der Waals surface area contributed by atoms with Gasteiger partial charge in [-0.3, -0.25) is 4.79 Å². The standard InChI is InChI=1S/C15H18O2/c1-10(2)11-3-5-12(6-4-11)13-7-14(16)9-15(17)8-13/h3-6,9-10,13,16H,7-8H2,1-2H3. The first-order valence-corrected chi connectivity index (χ1v) is 6.08. The van der Waals surface area contributed by atoms with Crippen LogP contribution in [0, 0.1) is 0 Å². The Hall–Kier alpha value is -1.57. The van der Waals surface area contributed by atoms with Crippen molar-refractivity contribution in [1.29, 1.82) is 0 Å². The van der Waals surface area contributed by atoms with Crippen LogP contribution in [0.1, 0.15) is 49.7 Å².